The smallest absolute Gasteiger partial charge is 1.00 e. The summed E-state index contributed by atoms with van der Waals surface area (Å²) in [6, 6.07) is 3.81. The van der Waals surface area contributed by atoms with Crippen LogP contribution in [0.25, 0.3) is 11.1 Å². The Labute approximate surface area is 122 Å². The number of hydrogen-bond acceptors (Lipinski definition) is 3. The van der Waals surface area contributed by atoms with Gasteiger partial charge >= 0.3 is 17.1 Å². The van der Waals surface area contributed by atoms with Crippen molar-refractivity contribution >= 4 is 17.0 Å². The van der Waals surface area contributed by atoms with Crippen molar-refractivity contribution in [1.29, 1.82) is 5.41 Å². The summed E-state index contributed by atoms with van der Waals surface area (Å²) in [5.41, 5.74) is 2.88. The molecule has 2 aromatic rings. The number of nitrogens with one attached hydrogen (secondary N) is 2. The third kappa shape index (κ3) is 3.68. The van der Waals surface area contributed by atoms with Gasteiger partial charge in [0, 0.05) is 6.92 Å². The van der Waals surface area contributed by atoms with E-state index in [0.29, 0.717) is 11.3 Å². The molecule has 1 heterocycles. The number of H-pyrrole nitrogens is 1. The first kappa shape index (κ1) is 18.7. The molecule has 0 bridgehead atoms. The van der Waals surface area contributed by atoms with Gasteiger partial charge in [-0.2, -0.15) is 0 Å². The van der Waals surface area contributed by atoms with Gasteiger partial charge in [0.05, 0.1) is 0 Å². The van der Waals surface area contributed by atoms with Crippen LogP contribution in [0.5, 0.6) is 5.75 Å². The van der Waals surface area contributed by atoms with Gasteiger partial charge in [0.2, 0.25) is 5.58 Å². The monoisotopic (exact) mass is 317 g/mol. The Morgan fingerprint density at radius 3 is 2.47 bits per heavy atom. The molecule has 1 aromatic carbocycles. The first-order chi connectivity index (χ1) is 6.72. The molecule has 0 saturated carbocycles. The molecule has 1 aromatic heterocycles. The number of aromatic amines is 1. The molecule has 95 valence electrons. The number of benzene rings is 1. The number of aromatic nitrogens is 1. The SMILES string of the molecule is CCc1ccc(OC(C)=N)c2o[nH]c12.[Cl-].[Cl-].[Mn+2]. The summed E-state index contributed by atoms with van der Waals surface area (Å²) in [5, 5.41) is 10.00. The zero-order valence-corrected chi connectivity index (χ0v) is 12.0. The van der Waals surface area contributed by atoms with E-state index in [2.05, 4.69) is 12.1 Å². The average Bonchev–Trinajstić information content (AvgIpc) is 2.06. The molecule has 0 unspecified atom stereocenters. The molecule has 0 amide bonds. The Kier molecular flexibility index (Phi) is 8.45. The van der Waals surface area contributed by atoms with Crippen LogP contribution in [0.4, 0.5) is 0 Å². The average molecular weight is 318 g/mol. The predicted molar refractivity (Wildman–Crippen MR) is 54.0 cm³/mol. The van der Waals surface area contributed by atoms with Gasteiger partial charge in [-0.15, -0.1) is 0 Å². The largest absolute Gasteiger partial charge is 2.00 e. The van der Waals surface area contributed by atoms with Crippen LogP contribution < -0.4 is 29.6 Å². The molecule has 4 nitrogen and oxygen atoms in total. The Balaban J connectivity index is 0. The summed E-state index contributed by atoms with van der Waals surface area (Å²) in [6.07, 6.45) is 0.947. The van der Waals surface area contributed by atoms with E-state index in [1.807, 2.05) is 12.1 Å². The summed E-state index contributed by atoms with van der Waals surface area (Å²) in [4.78, 5) is 0. The maximum absolute atomic E-state index is 7.22. The summed E-state index contributed by atoms with van der Waals surface area (Å²) in [7, 11) is 0. The summed E-state index contributed by atoms with van der Waals surface area (Å²) in [6.45, 7) is 3.67. The molecule has 2 N–H and O–H groups in total. The summed E-state index contributed by atoms with van der Waals surface area (Å²) in [5.74, 6) is 0.760. The van der Waals surface area contributed by atoms with Crippen molar-refractivity contribution in [3.05, 3.63) is 17.7 Å². The van der Waals surface area contributed by atoms with Crippen LogP contribution in [0.15, 0.2) is 16.7 Å². The third-order valence-electron chi connectivity index (χ3n) is 2.11. The second kappa shape index (κ2) is 7.66. The molecule has 1 radical (unpaired) electrons. The van der Waals surface area contributed by atoms with Gasteiger partial charge in [0.1, 0.15) is 5.52 Å². The van der Waals surface area contributed by atoms with E-state index in [1.54, 1.807) is 6.92 Å². The van der Waals surface area contributed by atoms with Crippen LogP contribution in [-0.4, -0.2) is 11.1 Å². The molecule has 0 aliphatic heterocycles. The third-order valence-corrected chi connectivity index (χ3v) is 2.11. The normalized spacial score (nSPS) is 8.82. The minimum atomic E-state index is 0. The van der Waals surface area contributed by atoms with Crippen LogP contribution in [-0.2, 0) is 23.5 Å². The van der Waals surface area contributed by atoms with Gasteiger partial charge in [0.25, 0.3) is 0 Å². The number of aryl methyl sites for hydroxylation is 1. The van der Waals surface area contributed by atoms with Gasteiger partial charge in [-0.25, -0.2) is 5.16 Å². The van der Waals surface area contributed by atoms with E-state index in [4.69, 9.17) is 14.7 Å². The van der Waals surface area contributed by atoms with Crippen LogP contribution in [0.1, 0.15) is 19.4 Å². The van der Waals surface area contributed by atoms with Gasteiger partial charge in [-0.1, -0.05) is 13.0 Å². The molecule has 0 aliphatic rings. The maximum atomic E-state index is 7.22. The molecule has 0 saturated heterocycles. The number of ether oxygens (including phenoxy) is 1. The first-order valence-electron chi connectivity index (χ1n) is 4.54. The molecular weight excluding hydrogens is 306 g/mol. The molecule has 0 aliphatic carbocycles. The predicted octanol–water partition coefficient (Wildman–Crippen LogP) is -3.30. The van der Waals surface area contributed by atoms with E-state index in [1.165, 1.54) is 5.56 Å². The van der Waals surface area contributed by atoms with Crippen molar-refractivity contribution in [2.24, 2.45) is 0 Å². The minimum absolute atomic E-state index is 0. The molecular formula is C10H12Cl2MnN2O2. The first-order valence-corrected chi connectivity index (χ1v) is 4.54. The Morgan fingerprint density at radius 1 is 1.41 bits per heavy atom. The van der Waals surface area contributed by atoms with Crippen LogP contribution in [0.3, 0.4) is 0 Å². The Bertz CT molecular complexity index is 482. The minimum Gasteiger partial charge on any atom is -1.00 e. The molecule has 0 atom stereocenters. The molecule has 17 heavy (non-hydrogen) atoms. The molecule has 0 fully saturated rings. The van der Waals surface area contributed by atoms with Gasteiger partial charge in [-0.3, -0.25) is 5.41 Å². The van der Waals surface area contributed by atoms with Crippen molar-refractivity contribution in [1.82, 2.24) is 5.16 Å². The van der Waals surface area contributed by atoms with Crippen molar-refractivity contribution in [3.8, 4) is 5.75 Å². The Morgan fingerprint density at radius 2 is 2.06 bits per heavy atom. The zero-order valence-electron chi connectivity index (χ0n) is 9.31. The second-order valence-electron chi connectivity index (χ2n) is 3.14. The fourth-order valence-corrected chi connectivity index (χ4v) is 1.41. The van der Waals surface area contributed by atoms with Gasteiger partial charge in [0.15, 0.2) is 11.6 Å². The molecule has 2 rings (SSSR count). The number of rotatable bonds is 2. The quantitative estimate of drug-likeness (QED) is 0.346. The summed E-state index contributed by atoms with van der Waals surface area (Å²) < 4.78 is 10.3. The fraction of sp³-hybridized carbons (Fsp3) is 0.300. The standard InChI is InChI=1S/C10H12N2O2.2ClH.Mn/c1-3-7-4-5-8(13-6(2)11)10-9(7)12-14-10;;;/h4-5,11-12H,3H2,1-2H3;2*1H;/q;;;+2/p-2. The zero-order chi connectivity index (χ0) is 10.1. The number of halogens is 2. The van der Waals surface area contributed by atoms with Gasteiger partial charge in [-0.05, 0) is 18.1 Å². The maximum Gasteiger partial charge on any atom is 2.00 e. The number of fused-ring (bicyclic) bond motifs is 1. The fourth-order valence-electron chi connectivity index (χ4n) is 1.41. The topological polar surface area (TPSA) is 62.0 Å². The number of hydrogen-bond donors (Lipinski definition) is 2. The van der Waals surface area contributed by atoms with Crippen molar-refractivity contribution in [2.45, 2.75) is 20.3 Å². The molecule has 0 spiro atoms. The van der Waals surface area contributed by atoms with Crippen LogP contribution in [0.2, 0.25) is 0 Å². The van der Waals surface area contributed by atoms with Crippen molar-refractivity contribution < 1.29 is 51.1 Å². The van der Waals surface area contributed by atoms with Crippen molar-refractivity contribution in [3.63, 3.8) is 0 Å². The van der Waals surface area contributed by atoms with Crippen molar-refractivity contribution in [2.75, 3.05) is 0 Å². The second-order valence-corrected chi connectivity index (χ2v) is 3.14. The van der Waals surface area contributed by atoms with Crippen LogP contribution >= 0.6 is 0 Å². The van der Waals surface area contributed by atoms with E-state index in [-0.39, 0.29) is 47.8 Å². The van der Waals surface area contributed by atoms with E-state index < -0.39 is 0 Å². The van der Waals surface area contributed by atoms with E-state index in [0.717, 1.165) is 11.9 Å². The van der Waals surface area contributed by atoms with E-state index in [9.17, 15) is 0 Å². The van der Waals surface area contributed by atoms with E-state index >= 15 is 0 Å². The molecule has 7 heteroatoms. The van der Waals surface area contributed by atoms with Gasteiger partial charge < -0.3 is 34.1 Å². The summed E-state index contributed by atoms with van der Waals surface area (Å²) >= 11 is 0. The Hall–Kier alpha value is -0.611. The van der Waals surface area contributed by atoms with Crippen LogP contribution in [0, 0.1) is 5.41 Å².